The Morgan fingerprint density at radius 3 is 2.65 bits per heavy atom. The fourth-order valence-corrected chi connectivity index (χ4v) is 2.03. The average molecular weight is 315 g/mol. The van der Waals surface area contributed by atoms with Crippen molar-refractivity contribution in [3.05, 3.63) is 45.5 Å². The molecule has 1 aromatic carbocycles. The van der Waals surface area contributed by atoms with E-state index in [2.05, 4.69) is 15.5 Å². The van der Waals surface area contributed by atoms with Gasteiger partial charge in [0.25, 0.3) is 0 Å². The number of hydrogen-bond donors (Lipinski definition) is 2. The normalized spacial score (nSPS) is 11.8. The van der Waals surface area contributed by atoms with Gasteiger partial charge in [0.05, 0.1) is 23.1 Å². The van der Waals surface area contributed by atoms with Gasteiger partial charge in [0.15, 0.2) is 5.82 Å². The molecule has 0 bridgehead atoms. The van der Waals surface area contributed by atoms with E-state index in [0.29, 0.717) is 28.3 Å². The molecule has 0 atom stereocenters. The molecule has 0 amide bonds. The Morgan fingerprint density at radius 1 is 1.30 bits per heavy atom. The number of aromatic nitrogens is 2. The Hall–Kier alpha value is -1.14. The second-order valence-electron chi connectivity index (χ2n) is 4.92. The number of benzene rings is 1. The highest BCUT2D eigenvalue weighted by Gasteiger charge is 2.21. The van der Waals surface area contributed by atoms with Crippen LogP contribution in [0.3, 0.4) is 0 Å². The maximum absolute atomic E-state index is 6.05. The van der Waals surface area contributed by atoms with Gasteiger partial charge in [-0.15, -0.1) is 0 Å². The Bertz CT molecular complexity index is 598. The Balaban J connectivity index is 2.08. The second-order valence-corrected chi connectivity index (χ2v) is 5.73. The van der Waals surface area contributed by atoms with Crippen LogP contribution in [0, 0.1) is 0 Å². The number of hydrogen-bond acceptors (Lipinski definition) is 5. The molecule has 0 aliphatic carbocycles. The van der Waals surface area contributed by atoms with Gasteiger partial charge in [-0.1, -0.05) is 34.4 Å². The second kappa shape index (κ2) is 6.10. The van der Waals surface area contributed by atoms with Gasteiger partial charge >= 0.3 is 0 Å². The van der Waals surface area contributed by atoms with E-state index >= 15 is 0 Å². The van der Waals surface area contributed by atoms with Crippen LogP contribution in [-0.2, 0) is 18.6 Å². The Labute approximate surface area is 127 Å². The number of nitrogens with one attached hydrogen (secondary N) is 1. The maximum atomic E-state index is 6.05. The van der Waals surface area contributed by atoms with Crippen molar-refractivity contribution >= 4 is 23.2 Å². The summed E-state index contributed by atoms with van der Waals surface area (Å²) in [6.45, 7) is 4.78. The van der Waals surface area contributed by atoms with Crippen LogP contribution in [-0.4, -0.2) is 10.1 Å². The molecule has 0 spiro atoms. The summed E-state index contributed by atoms with van der Waals surface area (Å²) >= 11 is 12.0. The number of nitrogens with zero attached hydrogens (tertiary/aromatic N) is 2. The van der Waals surface area contributed by atoms with E-state index in [1.165, 1.54) is 0 Å². The van der Waals surface area contributed by atoms with E-state index in [9.17, 15) is 0 Å². The SMILES string of the molecule is CC(C)(NCc1noc(CN)n1)c1ccc(Cl)c(Cl)c1. The zero-order valence-electron chi connectivity index (χ0n) is 11.3. The van der Waals surface area contributed by atoms with E-state index in [-0.39, 0.29) is 12.1 Å². The molecule has 0 saturated heterocycles. The minimum absolute atomic E-state index is 0.239. The summed E-state index contributed by atoms with van der Waals surface area (Å²) in [7, 11) is 0. The first kappa shape index (κ1) is 15.3. The molecule has 108 valence electrons. The minimum atomic E-state index is -0.308. The van der Waals surface area contributed by atoms with Gasteiger partial charge in [-0.3, -0.25) is 0 Å². The number of rotatable bonds is 5. The first-order chi connectivity index (χ1) is 9.42. The van der Waals surface area contributed by atoms with Crippen molar-refractivity contribution in [2.24, 2.45) is 5.73 Å². The van der Waals surface area contributed by atoms with Crippen LogP contribution in [0.25, 0.3) is 0 Å². The molecule has 5 nitrogen and oxygen atoms in total. The highest BCUT2D eigenvalue weighted by molar-refractivity contribution is 6.42. The van der Waals surface area contributed by atoms with E-state index in [1.807, 2.05) is 26.0 Å². The Morgan fingerprint density at radius 2 is 2.05 bits per heavy atom. The standard InChI is InChI=1S/C13H16Cl2N4O/c1-13(2,8-3-4-9(14)10(15)5-8)17-7-11-18-12(6-16)20-19-11/h3-5,17H,6-7,16H2,1-2H3. The van der Waals surface area contributed by atoms with Crippen LogP contribution in [0.4, 0.5) is 0 Å². The molecule has 0 aliphatic rings. The van der Waals surface area contributed by atoms with Crippen molar-refractivity contribution < 1.29 is 4.52 Å². The largest absolute Gasteiger partial charge is 0.338 e. The summed E-state index contributed by atoms with van der Waals surface area (Å²) < 4.78 is 4.95. The smallest absolute Gasteiger partial charge is 0.240 e. The lowest BCUT2D eigenvalue weighted by atomic mass is 9.94. The molecule has 1 heterocycles. The lowest BCUT2D eigenvalue weighted by Crippen LogP contribution is -2.36. The number of halogens is 2. The highest BCUT2D eigenvalue weighted by Crippen LogP contribution is 2.28. The third kappa shape index (κ3) is 3.49. The molecule has 1 aromatic heterocycles. The van der Waals surface area contributed by atoms with E-state index < -0.39 is 0 Å². The first-order valence-corrected chi connectivity index (χ1v) is 6.90. The summed E-state index contributed by atoms with van der Waals surface area (Å²) in [6, 6.07) is 5.56. The minimum Gasteiger partial charge on any atom is -0.338 e. The monoisotopic (exact) mass is 314 g/mol. The van der Waals surface area contributed by atoms with Crippen LogP contribution >= 0.6 is 23.2 Å². The van der Waals surface area contributed by atoms with Gasteiger partial charge in [-0.05, 0) is 31.5 Å². The third-order valence-corrected chi connectivity index (χ3v) is 3.75. The van der Waals surface area contributed by atoms with E-state index in [1.54, 1.807) is 6.07 Å². The average Bonchev–Trinajstić information content (AvgIpc) is 2.87. The third-order valence-electron chi connectivity index (χ3n) is 3.01. The zero-order chi connectivity index (χ0) is 14.8. The van der Waals surface area contributed by atoms with E-state index in [0.717, 1.165) is 5.56 Å². The summed E-state index contributed by atoms with van der Waals surface area (Å²) in [5.74, 6) is 0.993. The van der Waals surface area contributed by atoms with Crippen molar-refractivity contribution in [2.75, 3.05) is 0 Å². The lowest BCUT2D eigenvalue weighted by molar-refractivity contribution is 0.360. The number of nitrogens with two attached hydrogens (primary N) is 1. The first-order valence-electron chi connectivity index (χ1n) is 6.14. The van der Waals surface area contributed by atoms with Crippen LogP contribution in [0.15, 0.2) is 22.7 Å². The summed E-state index contributed by atoms with van der Waals surface area (Å²) in [4.78, 5) is 4.14. The molecule has 7 heteroatoms. The van der Waals surface area contributed by atoms with Crippen molar-refractivity contribution in [2.45, 2.75) is 32.5 Å². The molecule has 2 rings (SSSR count). The fourth-order valence-electron chi connectivity index (χ4n) is 1.73. The maximum Gasteiger partial charge on any atom is 0.240 e. The van der Waals surface area contributed by atoms with Gasteiger partial charge in [0.2, 0.25) is 5.89 Å². The van der Waals surface area contributed by atoms with Gasteiger partial charge in [-0.2, -0.15) is 4.98 Å². The van der Waals surface area contributed by atoms with E-state index in [4.69, 9.17) is 33.5 Å². The molecule has 3 N–H and O–H groups in total. The molecule has 0 unspecified atom stereocenters. The molecular weight excluding hydrogens is 299 g/mol. The highest BCUT2D eigenvalue weighted by atomic mass is 35.5. The van der Waals surface area contributed by atoms with Crippen molar-refractivity contribution in [3.63, 3.8) is 0 Å². The van der Waals surface area contributed by atoms with Crippen molar-refractivity contribution in [1.29, 1.82) is 0 Å². The van der Waals surface area contributed by atoms with Crippen LogP contribution in [0.1, 0.15) is 31.1 Å². The molecule has 0 saturated carbocycles. The van der Waals surface area contributed by atoms with Crippen LogP contribution in [0.5, 0.6) is 0 Å². The lowest BCUT2D eigenvalue weighted by Gasteiger charge is -2.26. The summed E-state index contributed by atoms with van der Waals surface area (Å²) in [5.41, 5.74) is 6.14. The fraction of sp³-hybridized carbons (Fsp3) is 0.385. The van der Waals surface area contributed by atoms with Gasteiger partial charge < -0.3 is 15.6 Å². The predicted octanol–water partition coefficient (Wildman–Crippen LogP) is 2.86. The molecule has 0 radical (unpaired) electrons. The topological polar surface area (TPSA) is 77.0 Å². The van der Waals surface area contributed by atoms with Crippen LogP contribution < -0.4 is 11.1 Å². The summed E-state index contributed by atoms with van der Waals surface area (Å²) in [5, 5.41) is 8.26. The van der Waals surface area contributed by atoms with Gasteiger partial charge in [0.1, 0.15) is 0 Å². The van der Waals surface area contributed by atoms with Crippen molar-refractivity contribution in [3.8, 4) is 0 Å². The van der Waals surface area contributed by atoms with Crippen LogP contribution in [0.2, 0.25) is 10.0 Å². The molecular formula is C13H16Cl2N4O. The molecule has 20 heavy (non-hydrogen) atoms. The van der Waals surface area contributed by atoms with Crippen molar-refractivity contribution in [1.82, 2.24) is 15.5 Å². The molecule has 0 aliphatic heterocycles. The summed E-state index contributed by atoms with van der Waals surface area (Å²) in [6.07, 6.45) is 0. The predicted molar refractivity (Wildman–Crippen MR) is 78.5 cm³/mol. The molecule has 0 fully saturated rings. The zero-order valence-corrected chi connectivity index (χ0v) is 12.8. The quantitative estimate of drug-likeness (QED) is 0.887. The van der Waals surface area contributed by atoms with Gasteiger partial charge in [-0.25, -0.2) is 0 Å². The van der Waals surface area contributed by atoms with Gasteiger partial charge in [0, 0.05) is 5.54 Å². The Kier molecular flexibility index (Phi) is 4.65. The molecule has 2 aromatic rings.